The molecule has 350 valence electrons. The molecule has 6 heteroatoms. The van der Waals surface area contributed by atoms with E-state index in [2.05, 4.69) is 57.2 Å². The van der Waals surface area contributed by atoms with Crippen molar-refractivity contribution in [1.82, 2.24) is 0 Å². The molecule has 61 heavy (non-hydrogen) atoms. The van der Waals surface area contributed by atoms with Crippen LogP contribution in [0.15, 0.2) is 72.9 Å². The van der Waals surface area contributed by atoms with Gasteiger partial charge < -0.3 is 14.2 Å². The van der Waals surface area contributed by atoms with Crippen molar-refractivity contribution in [2.45, 2.75) is 245 Å². The standard InChI is InChI=1S/C55H94O6/c1-4-7-10-13-16-19-22-25-27-28-31-33-36-39-42-45-48-54(57)60-51-52(50-59-53(56)47-44-41-38-35-32-29-24-21-18-15-12-9-6-3)61-55(58)49-46-43-40-37-34-30-26-23-20-17-14-11-8-5-2/h9,12,15,18,21,24,27-30,32,34,52H,4-8,10-11,13-14,16-17,19-20,22-23,25-26,31,33,35-51H2,1-3H3/b12-9-,18-15-,24-21-,28-27-,32-29-,34-30-. The normalized spacial score (nSPS) is 12.6. The molecule has 0 radical (unpaired) electrons. The molecule has 0 heterocycles. The second-order valence-electron chi connectivity index (χ2n) is 16.8. The lowest BCUT2D eigenvalue weighted by Gasteiger charge is -2.18. The number of hydrogen-bond donors (Lipinski definition) is 0. The van der Waals surface area contributed by atoms with E-state index in [4.69, 9.17) is 14.2 Å². The number of carbonyl (C=O) groups is 3. The zero-order chi connectivity index (χ0) is 44.4. The Bertz CT molecular complexity index is 1160. The summed E-state index contributed by atoms with van der Waals surface area (Å²) in [4.78, 5) is 37.9. The van der Waals surface area contributed by atoms with Crippen LogP contribution in [0.3, 0.4) is 0 Å². The summed E-state index contributed by atoms with van der Waals surface area (Å²) < 4.78 is 16.7. The summed E-state index contributed by atoms with van der Waals surface area (Å²) in [5, 5.41) is 0. The van der Waals surface area contributed by atoms with Crippen molar-refractivity contribution >= 4 is 17.9 Å². The maximum atomic E-state index is 12.8. The van der Waals surface area contributed by atoms with Crippen molar-refractivity contribution in [1.29, 1.82) is 0 Å². The molecule has 0 N–H and O–H groups in total. The average molecular weight is 851 g/mol. The van der Waals surface area contributed by atoms with Crippen LogP contribution in [0.25, 0.3) is 0 Å². The molecule has 0 aromatic rings. The first-order valence-corrected chi connectivity index (χ1v) is 25.5. The molecular weight excluding hydrogens is 757 g/mol. The van der Waals surface area contributed by atoms with Gasteiger partial charge in [0.05, 0.1) is 0 Å². The molecule has 0 bridgehead atoms. The Kier molecular flexibility index (Phi) is 46.9. The molecule has 0 aliphatic rings. The Labute approximate surface area is 376 Å². The van der Waals surface area contributed by atoms with Crippen molar-refractivity contribution in [2.75, 3.05) is 13.2 Å². The number of unbranched alkanes of at least 4 members (excludes halogenated alkanes) is 25. The van der Waals surface area contributed by atoms with Gasteiger partial charge in [-0.3, -0.25) is 14.4 Å². The molecule has 0 fully saturated rings. The molecule has 0 aliphatic heterocycles. The molecule has 6 nitrogen and oxygen atoms in total. The number of hydrogen-bond acceptors (Lipinski definition) is 6. The predicted octanol–water partition coefficient (Wildman–Crippen LogP) is 16.6. The minimum atomic E-state index is -0.801. The van der Waals surface area contributed by atoms with Gasteiger partial charge in [-0.15, -0.1) is 0 Å². The van der Waals surface area contributed by atoms with Gasteiger partial charge in [-0.1, -0.05) is 203 Å². The fourth-order valence-electron chi connectivity index (χ4n) is 6.91. The van der Waals surface area contributed by atoms with Gasteiger partial charge in [0.15, 0.2) is 6.10 Å². The van der Waals surface area contributed by atoms with Crippen LogP contribution >= 0.6 is 0 Å². The summed E-state index contributed by atoms with van der Waals surface area (Å²) in [5.41, 5.74) is 0. The van der Waals surface area contributed by atoms with Gasteiger partial charge in [0, 0.05) is 19.3 Å². The van der Waals surface area contributed by atoms with Gasteiger partial charge in [-0.05, 0) is 89.9 Å². The Hall–Kier alpha value is -3.15. The van der Waals surface area contributed by atoms with Crippen molar-refractivity contribution in [3.63, 3.8) is 0 Å². The summed E-state index contributed by atoms with van der Waals surface area (Å²) in [5.74, 6) is -0.962. The lowest BCUT2D eigenvalue weighted by molar-refractivity contribution is -0.167. The van der Waals surface area contributed by atoms with Crippen LogP contribution in [0.1, 0.15) is 239 Å². The molecule has 0 aromatic heterocycles. The zero-order valence-electron chi connectivity index (χ0n) is 39.9. The van der Waals surface area contributed by atoms with Gasteiger partial charge in [0.1, 0.15) is 13.2 Å². The molecule has 0 saturated heterocycles. The number of ether oxygens (including phenoxy) is 3. The van der Waals surface area contributed by atoms with E-state index in [1.807, 2.05) is 36.5 Å². The second-order valence-corrected chi connectivity index (χ2v) is 16.8. The summed E-state index contributed by atoms with van der Waals surface area (Å²) in [7, 11) is 0. The predicted molar refractivity (Wildman–Crippen MR) is 261 cm³/mol. The summed E-state index contributed by atoms with van der Waals surface area (Å²) in [6.07, 6.45) is 61.7. The summed E-state index contributed by atoms with van der Waals surface area (Å²) in [6, 6.07) is 0. The molecule has 0 rings (SSSR count). The van der Waals surface area contributed by atoms with Crippen LogP contribution in [0.2, 0.25) is 0 Å². The monoisotopic (exact) mass is 851 g/mol. The summed E-state index contributed by atoms with van der Waals surface area (Å²) in [6.45, 7) is 6.43. The Balaban J connectivity index is 4.46. The summed E-state index contributed by atoms with van der Waals surface area (Å²) >= 11 is 0. The highest BCUT2D eigenvalue weighted by Crippen LogP contribution is 2.14. The van der Waals surface area contributed by atoms with Gasteiger partial charge in [-0.25, -0.2) is 0 Å². The van der Waals surface area contributed by atoms with Crippen LogP contribution < -0.4 is 0 Å². The maximum absolute atomic E-state index is 12.8. The molecule has 0 spiro atoms. The van der Waals surface area contributed by atoms with Crippen LogP contribution in [0.5, 0.6) is 0 Å². The highest BCUT2D eigenvalue weighted by molar-refractivity contribution is 5.71. The van der Waals surface area contributed by atoms with Gasteiger partial charge in [0.25, 0.3) is 0 Å². The Morgan fingerprint density at radius 2 is 0.656 bits per heavy atom. The van der Waals surface area contributed by atoms with Crippen LogP contribution in [-0.2, 0) is 28.6 Å². The number of carbonyl (C=O) groups excluding carboxylic acids is 3. The number of esters is 3. The first-order chi connectivity index (χ1) is 30.0. The number of allylic oxidation sites excluding steroid dienone is 12. The van der Waals surface area contributed by atoms with E-state index < -0.39 is 6.10 Å². The minimum absolute atomic E-state index is 0.0986. The van der Waals surface area contributed by atoms with E-state index in [1.165, 1.54) is 109 Å². The van der Waals surface area contributed by atoms with E-state index >= 15 is 0 Å². The van der Waals surface area contributed by atoms with E-state index in [9.17, 15) is 14.4 Å². The minimum Gasteiger partial charge on any atom is -0.462 e. The quantitative estimate of drug-likeness (QED) is 0.0200. The van der Waals surface area contributed by atoms with Crippen molar-refractivity contribution < 1.29 is 28.6 Å². The Morgan fingerprint density at radius 1 is 0.344 bits per heavy atom. The third kappa shape index (κ3) is 47.7. The highest BCUT2D eigenvalue weighted by atomic mass is 16.6. The second kappa shape index (κ2) is 49.5. The van der Waals surface area contributed by atoms with Crippen LogP contribution in [-0.4, -0.2) is 37.2 Å². The lowest BCUT2D eigenvalue weighted by atomic mass is 10.1. The molecular formula is C55H94O6. The van der Waals surface area contributed by atoms with E-state index in [0.717, 1.165) is 89.9 Å². The fourth-order valence-corrected chi connectivity index (χ4v) is 6.91. The van der Waals surface area contributed by atoms with Gasteiger partial charge >= 0.3 is 17.9 Å². The molecule has 1 unspecified atom stereocenters. The third-order valence-corrected chi connectivity index (χ3v) is 10.8. The van der Waals surface area contributed by atoms with Gasteiger partial charge in [-0.2, -0.15) is 0 Å². The van der Waals surface area contributed by atoms with Crippen molar-refractivity contribution in [3.05, 3.63) is 72.9 Å². The Morgan fingerprint density at radius 3 is 1.07 bits per heavy atom. The molecule has 0 aliphatic carbocycles. The zero-order valence-corrected chi connectivity index (χ0v) is 39.9. The topological polar surface area (TPSA) is 78.9 Å². The molecule has 0 amide bonds. The third-order valence-electron chi connectivity index (χ3n) is 10.8. The SMILES string of the molecule is CC\C=C/C=C\C=C/C=C\CCCCCC(=O)OCC(COC(=O)CCCCCCC/C=C\CCCCCCCCC)OC(=O)CCCCC/C=C\CCCCCCCCC. The largest absolute Gasteiger partial charge is 0.462 e. The molecule has 1 atom stereocenters. The van der Waals surface area contributed by atoms with Crippen molar-refractivity contribution in [2.24, 2.45) is 0 Å². The molecule has 0 aromatic carbocycles. The van der Waals surface area contributed by atoms with Crippen LogP contribution in [0.4, 0.5) is 0 Å². The first kappa shape index (κ1) is 57.9. The van der Waals surface area contributed by atoms with Gasteiger partial charge in [0.2, 0.25) is 0 Å². The maximum Gasteiger partial charge on any atom is 0.306 e. The fraction of sp³-hybridized carbons (Fsp3) is 0.727. The highest BCUT2D eigenvalue weighted by Gasteiger charge is 2.19. The lowest BCUT2D eigenvalue weighted by Crippen LogP contribution is -2.30. The smallest absolute Gasteiger partial charge is 0.306 e. The van der Waals surface area contributed by atoms with Crippen LogP contribution in [0, 0.1) is 0 Å². The van der Waals surface area contributed by atoms with E-state index in [-0.39, 0.29) is 31.1 Å². The molecule has 0 saturated carbocycles. The average Bonchev–Trinajstić information content (AvgIpc) is 3.26. The first-order valence-electron chi connectivity index (χ1n) is 25.5. The number of rotatable bonds is 45. The van der Waals surface area contributed by atoms with Crippen molar-refractivity contribution in [3.8, 4) is 0 Å². The van der Waals surface area contributed by atoms with E-state index in [0.29, 0.717) is 19.3 Å². The van der Waals surface area contributed by atoms with E-state index in [1.54, 1.807) is 0 Å².